The van der Waals surface area contributed by atoms with Gasteiger partial charge in [-0.15, -0.1) is 0 Å². The summed E-state index contributed by atoms with van der Waals surface area (Å²) in [5.41, 5.74) is 1.92. The highest BCUT2D eigenvalue weighted by molar-refractivity contribution is 5.92. The van der Waals surface area contributed by atoms with Crippen molar-refractivity contribution in [1.82, 2.24) is 0 Å². The Kier molecular flexibility index (Phi) is 3.53. The standard InChI is InChI=1S/C18H18O5/c1-10-15(20)11(2)17-13(16(10)22-3)9-14(19)18(21,23-17)12-7-5-4-6-8-12/h4-8,20-21H,9H2,1-3H3. The molecule has 0 fully saturated rings. The molecular weight excluding hydrogens is 296 g/mol. The minimum absolute atomic E-state index is 0.0327. The van der Waals surface area contributed by atoms with E-state index in [9.17, 15) is 15.0 Å². The maximum Gasteiger partial charge on any atom is 0.295 e. The third kappa shape index (κ3) is 2.16. The number of rotatable bonds is 2. The average Bonchev–Trinajstić information content (AvgIpc) is 2.56. The molecule has 0 amide bonds. The molecule has 5 heteroatoms. The van der Waals surface area contributed by atoms with E-state index in [4.69, 9.17) is 9.47 Å². The van der Waals surface area contributed by atoms with Gasteiger partial charge in [0.05, 0.1) is 7.11 Å². The first kappa shape index (κ1) is 15.4. The number of ketones is 1. The zero-order chi connectivity index (χ0) is 16.8. The summed E-state index contributed by atoms with van der Waals surface area (Å²) in [6.45, 7) is 3.39. The van der Waals surface area contributed by atoms with E-state index in [1.54, 1.807) is 44.2 Å². The Morgan fingerprint density at radius 1 is 1.17 bits per heavy atom. The first-order valence-corrected chi connectivity index (χ1v) is 7.29. The SMILES string of the molecule is COc1c(C)c(O)c(C)c2c1CC(=O)C(O)(c1ccccc1)O2. The highest BCUT2D eigenvalue weighted by Crippen LogP contribution is 2.47. The molecule has 1 aliphatic heterocycles. The number of phenolic OH excluding ortho intramolecular Hbond substituents is 1. The normalized spacial score (nSPS) is 19.9. The lowest BCUT2D eigenvalue weighted by Crippen LogP contribution is -2.45. The Hall–Kier alpha value is -2.53. The Labute approximate surface area is 134 Å². The number of carbonyl (C=O) groups is 1. The molecule has 0 spiro atoms. The molecule has 23 heavy (non-hydrogen) atoms. The number of ether oxygens (including phenoxy) is 2. The van der Waals surface area contributed by atoms with Gasteiger partial charge >= 0.3 is 0 Å². The van der Waals surface area contributed by atoms with Crippen molar-refractivity contribution in [3.05, 3.63) is 52.6 Å². The summed E-state index contributed by atoms with van der Waals surface area (Å²) in [4.78, 5) is 12.6. The molecule has 0 saturated heterocycles. The molecule has 0 bridgehead atoms. The monoisotopic (exact) mass is 314 g/mol. The molecule has 0 aromatic heterocycles. The zero-order valence-corrected chi connectivity index (χ0v) is 13.2. The lowest BCUT2D eigenvalue weighted by molar-refractivity contribution is -0.179. The fourth-order valence-corrected chi connectivity index (χ4v) is 3.00. The minimum Gasteiger partial charge on any atom is -0.507 e. The number of carbonyl (C=O) groups excluding carboxylic acids is 1. The minimum atomic E-state index is -2.06. The molecule has 0 saturated carbocycles. The van der Waals surface area contributed by atoms with Gasteiger partial charge in [0, 0.05) is 28.7 Å². The third-order valence-electron chi connectivity index (χ3n) is 4.27. The first-order valence-electron chi connectivity index (χ1n) is 7.29. The second-order valence-corrected chi connectivity index (χ2v) is 5.65. The van der Waals surface area contributed by atoms with Crippen LogP contribution in [-0.2, 0) is 17.0 Å². The number of methoxy groups -OCH3 is 1. The van der Waals surface area contributed by atoms with Crippen molar-refractivity contribution in [3.8, 4) is 17.2 Å². The Balaban J connectivity index is 2.21. The maximum atomic E-state index is 12.6. The molecule has 5 nitrogen and oxygen atoms in total. The predicted octanol–water partition coefficient (Wildman–Crippen LogP) is 2.37. The van der Waals surface area contributed by atoms with Crippen molar-refractivity contribution in [2.45, 2.75) is 26.1 Å². The smallest absolute Gasteiger partial charge is 0.295 e. The van der Waals surface area contributed by atoms with Crippen LogP contribution in [0.4, 0.5) is 0 Å². The van der Waals surface area contributed by atoms with Crippen molar-refractivity contribution < 1.29 is 24.5 Å². The number of aromatic hydroxyl groups is 1. The van der Waals surface area contributed by atoms with Gasteiger partial charge in [0.1, 0.15) is 17.2 Å². The molecule has 1 heterocycles. The molecule has 0 aliphatic carbocycles. The van der Waals surface area contributed by atoms with Gasteiger partial charge in [-0.05, 0) is 13.8 Å². The van der Waals surface area contributed by atoms with Gasteiger partial charge in [0.2, 0.25) is 5.78 Å². The summed E-state index contributed by atoms with van der Waals surface area (Å²) >= 11 is 0. The second kappa shape index (κ2) is 5.28. The second-order valence-electron chi connectivity index (χ2n) is 5.65. The van der Waals surface area contributed by atoms with E-state index in [1.807, 2.05) is 0 Å². The molecule has 2 aromatic carbocycles. The fourth-order valence-electron chi connectivity index (χ4n) is 3.00. The van der Waals surface area contributed by atoms with Crippen molar-refractivity contribution in [2.24, 2.45) is 0 Å². The van der Waals surface area contributed by atoms with Gasteiger partial charge in [0.25, 0.3) is 5.79 Å². The summed E-state index contributed by atoms with van der Waals surface area (Å²) < 4.78 is 11.0. The van der Waals surface area contributed by atoms with Gasteiger partial charge in [-0.2, -0.15) is 0 Å². The molecular formula is C18H18O5. The van der Waals surface area contributed by atoms with Gasteiger partial charge in [0.15, 0.2) is 0 Å². The van der Waals surface area contributed by atoms with Crippen molar-refractivity contribution in [3.63, 3.8) is 0 Å². The van der Waals surface area contributed by atoms with Crippen LogP contribution >= 0.6 is 0 Å². The number of hydrogen-bond donors (Lipinski definition) is 2. The van der Waals surface area contributed by atoms with E-state index in [1.165, 1.54) is 7.11 Å². The van der Waals surface area contributed by atoms with E-state index in [0.717, 1.165) is 0 Å². The fraction of sp³-hybridized carbons (Fsp3) is 0.278. The molecule has 120 valence electrons. The van der Waals surface area contributed by atoms with Gasteiger partial charge in [-0.25, -0.2) is 0 Å². The highest BCUT2D eigenvalue weighted by atomic mass is 16.6. The van der Waals surface area contributed by atoms with Crippen molar-refractivity contribution >= 4 is 5.78 Å². The summed E-state index contributed by atoms with van der Waals surface area (Å²) in [7, 11) is 1.47. The number of Topliss-reactive ketones (excluding diaryl/α,β-unsaturated/α-hetero) is 1. The van der Waals surface area contributed by atoms with Crippen LogP contribution in [0.25, 0.3) is 0 Å². The van der Waals surface area contributed by atoms with Crippen LogP contribution in [0.5, 0.6) is 17.2 Å². The van der Waals surface area contributed by atoms with Crippen LogP contribution < -0.4 is 9.47 Å². The zero-order valence-electron chi connectivity index (χ0n) is 13.2. The van der Waals surface area contributed by atoms with Crippen LogP contribution in [-0.4, -0.2) is 23.1 Å². The van der Waals surface area contributed by atoms with E-state index in [0.29, 0.717) is 28.0 Å². The molecule has 1 unspecified atom stereocenters. The van der Waals surface area contributed by atoms with Gasteiger partial charge in [-0.1, -0.05) is 30.3 Å². The topological polar surface area (TPSA) is 76.0 Å². The number of hydrogen-bond acceptors (Lipinski definition) is 5. The van der Waals surface area contributed by atoms with Crippen LogP contribution in [0.1, 0.15) is 22.3 Å². The van der Waals surface area contributed by atoms with Crippen LogP contribution in [0, 0.1) is 13.8 Å². The molecule has 1 atom stereocenters. The lowest BCUT2D eigenvalue weighted by atomic mass is 9.89. The third-order valence-corrected chi connectivity index (χ3v) is 4.27. The average molecular weight is 314 g/mol. The lowest BCUT2D eigenvalue weighted by Gasteiger charge is -2.35. The molecule has 3 rings (SSSR count). The molecule has 2 aromatic rings. The van der Waals surface area contributed by atoms with E-state index in [-0.39, 0.29) is 17.9 Å². The molecule has 1 aliphatic rings. The Morgan fingerprint density at radius 2 is 1.83 bits per heavy atom. The van der Waals surface area contributed by atoms with Crippen LogP contribution in [0.2, 0.25) is 0 Å². The van der Waals surface area contributed by atoms with Gasteiger partial charge in [-0.3, -0.25) is 4.79 Å². The predicted molar refractivity (Wildman–Crippen MR) is 83.8 cm³/mol. The summed E-state index contributed by atoms with van der Waals surface area (Å²) in [6.07, 6.45) is -0.0359. The van der Waals surface area contributed by atoms with E-state index >= 15 is 0 Å². The molecule has 0 radical (unpaired) electrons. The number of benzene rings is 2. The number of aliphatic hydroxyl groups is 1. The van der Waals surface area contributed by atoms with Crippen molar-refractivity contribution in [1.29, 1.82) is 0 Å². The molecule has 2 N–H and O–H groups in total. The van der Waals surface area contributed by atoms with Crippen LogP contribution in [0.3, 0.4) is 0 Å². The number of phenols is 1. The van der Waals surface area contributed by atoms with Crippen molar-refractivity contribution in [2.75, 3.05) is 7.11 Å². The highest BCUT2D eigenvalue weighted by Gasteiger charge is 2.46. The largest absolute Gasteiger partial charge is 0.507 e. The maximum absolute atomic E-state index is 12.6. The number of fused-ring (bicyclic) bond motifs is 1. The van der Waals surface area contributed by atoms with E-state index < -0.39 is 11.6 Å². The quantitative estimate of drug-likeness (QED) is 0.890. The van der Waals surface area contributed by atoms with E-state index in [2.05, 4.69) is 0 Å². The Morgan fingerprint density at radius 3 is 2.43 bits per heavy atom. The van der Waals surface area contributed by atoms with Crippen LogP contribution in [0.15, 0.2) is 30.3 Å². The first-order chi connectivity index (χ1) is 10.9. The Bertz CT molecular complexity index is 782. The summed E-state index contributed by atoms with van der Waals surface area (Å²) in [5.74, 6) is -1.81. The summed E-state index contributed by atoms with van der Waals surface area (Å²) in [6, 6.07) is 8.49. The summed E-state index contributed by atoms with van der Waals surface area (Å²) in [5, 5.41) is 21.1. The van der Waals surface area contributed by atoms with Gasteiger partial charge < -0.3 is 19.7 Å².